The minimum atomic E-state index is -0.685. The van der Waals surface area contributed by atoms with Crippen LogP contribution >= 0.6 is 0 Å². The van der Waals surface area contributed by atoms with Crippen molar-refractivity contribution in [2.45, 2.75) is 25.6 Å². The molecular weight excluding hydrogens is 214 g/mol. The predicted molar refractivity (Wildman–Crippen MR) is 64.8 cm³/mol. The molecule has 2 unspecified atom stereocenters. The molecule has 88 valence electrons. The van der Waals surface area contributed by atoms with E-state index in [4.69, 9.17) is 6.42 Å². The first-order chi connectivity index (χ1) is 8.15. The first-order valence-corrected chi connectivity index (χ1v) is 5.63. The Hall–Kier alpha value is -1.79. The van der Waals surface area contributed by atoms with Crippen LogP contribution in [0.1, 0.15) is 12.5 Å². The van der Waals surface area contributed by atoms with Crippen molar-refractivity contribution < 1.29 is 9.90 Å². The van der Waals surface area contributed by atoms with Crippen LogP contribution in [0.3, 0.4) is 0 Å². The highest BCUT2D eigenvalue weighted by molar-refractivity contribution is 5.87. The molecule has 0 saturated carbocycles. The normalized spacial score (nSPS) is 25.0. The quantitative estimate of drug-likeness (QED) is 0.621. The molecule has 1 fully saturated rings. The minimum Gasteiger partial charge on any atom is -0.392 e. The number of benzene rings is 1. The molecule has 1 heterocycles. The Balaban J connectivity index is 2.09. The smallest absolute Gasteiger partial charge is 0.232 e. The Bertz CT molecular complexity index is 447. The van der Waals surface area contributed by atoms with Crippen molar-refractivity contribution in [3.05, 3.63) is 35.9 Å². The molecule has 1 aromatic carbocycles. The van der Waals surface area contributed by atoms with E-state index >= 15 is 0 Å². The standard InChI is InChI=1S/C14H15NO2/c1-3-12-13(10(2)16)14(17)15(12)9-11-7-5-4-6-8-11/h1,4-8,10,12-13,16H,9H2,2H3/t10-,12?,13?/m1/s1. The van der Waals surface area contributed by atoms with Gasteiger partial charge in [0, 0.05) is 6.54 Å². The van der Waals surface area contributed by atoms with E-state index in [0.29, 0.717) is 6.54 Å². The van der Waals surface area contributed by atoms with E-state index in [2.05, 4.69) is 5.92 Å². The maximum atomic E-state index is 11.8. The molecule has 3 heteroatoms. The van der Waals surface area contributed by atoms with Crippen LogP contribution in [0.2, 0.25) is 0 Å². The summed E-state index contributed by atoms with van der Waals surface area (Å²) >= 11 is 0. The van der Waals surface area contributed by atoms with E-state index in [1.54, 1.807) is 11.8 Å². The van der Waals surface area contributed by atoms with E-state index in [9.17, 15) is 9.90 Å². The molecule has 0 aliphatic carbocycles. The minimum absolute atomic E-state index is 0.0631. The highest BCUT2D eigenvalue weighted by Crippen LogP contribution is 2.30. The predicted octanol–water partition coefficient (Wildman–Crippen LogP) is 1.03. The Morgan fingerprint density at radius 2 is 2.12 bits per heavy atom. The number of hydrogen-bond donors (Lipinski definition) is 1. The van der Waals surface area contributed by atoms with Crippen molar-refractivity contribution in [3.8, 4) is 12.3 Å². The van der Waals surface area contributed by atoms with Crippen LogP contribution < -0.4 is 0 Å². The Morgan fingerprint density at radius 1 is 1.47 bits per heavy atom. The van der Waals surface area contributed by atoms with Crippen LogP contribution in [-0.2, 0) is 11.3 Å². The Morgan fingerprint density at radius 3 is 2.65 bits per heavy atom. The van der Waals surface area contributed by atoms with Gasteiger partial charge in [-0.05, 0) is 12.5 Å². The molecule has 0 bridgehead atoms. The van der Waals surface area contributed by atoms with Gasteiger partial charge < -0.3 is 10.0 Å². The second-order valence-electron chi connectivity index (χ2n) is 4.33. The maximum Gasteiger partial charge on any atom is 0.232 e. The second kappa shape index (κ2) is 4.60. The summed E-state index contributed by atoms with van der Waals surface area (Å²) in [7, 11) is 0. The van der Waals surface area contributed by atoms with Crippen molar-refractivity contribution in [3.63, 3.8) is 0 Å². The summed E-state index contributed by atoms with van der Waals surface area (Å²) in [6.45, 7) is 2.12. The van der Waals surface area contributed by atoms with Crippen LogP contribution in [0, 0.1) is 18.3 Å². The second-order valence-corrected chi connectivity index (χ2v) is 4.33. The van der Waals surface area contributed by atoms with Crippen LogP contribution in [0.4, 0.5) is 0 Å². The van der Waals surface area contributed by atoms with Crippen molar-refractivity contribution in [1.29, 1.82) is 0 Å². The van der Waals surface area contributed by atoms with Gasteiger partial charge in [0.25, 0.3) is 0 Å². The molecule has 0 radical (unpaired) electrons. The summed E-state index contributed by atoms with van der Waals surface area (Å²) in [5, 5.41) is 9.48. The third-order valence-corrected chi connectivity index (χ3v) is 3.13. The lowest BCUT2D eigenvalue weighted by Crippen LogP contribution is -2.62. The van der Waals surface area contributed by atoms with Crippen molar-refractivity contribution >= 4 is 5.91 Å². The van der Waals surface area contributed by atoms with Gasteiger partial charge in [0.1, 0.15) is 6.04 Å². The van der Waals surface area contributed by atoms with Gasteiger partial charge >= 0.3 is 0 Å². The van der Waals surface area contributed by atoms with Crippen molar-refractivity contribution in [1.82, 2.24) is 4.90 Å². The Kier molecular flexibility index (Phi) is 3.16. The van der Waals surface area contributed by atoms with E-state index in [1.807, 2.05) is 30.3 Å². The number of carbonyl (C=O) groups is 1. The van der Waals surface area contributed by atoms with Crippen LogP contribution in [-0.4, -0.2) is 28.1 Å². The molecule has 1 aliphatic heterocycles. The number of amides is 1. The first kappa shape index (κ1) is 11.7. The van der Waals surface area contributed by atoms with Crippen LogP contribution in [0.25, 0.3) is 0 Å². The van der Waals surface area contributed by atoms with Gasteiger partial charge in [-0.25, -0.2) is 0 Å². The fraction of sp³-hybridized carbons (Fsp3) is 0.357. The summed E-state index contributed by atoms with van der Waals surface area (Å²) < 4.78 is 0. The van der Waals surface area contributed by atoms with E-state index < -0.39 is 12.0 Å². The molecule has 1 aliphatic rings. The average Bonchev–Trinajstić information content (AvgIpc) is 2.33. The molecule has 17 heavy (non-hydrogen) atoms. The number of likely N-dealkylation sites (tertiary alicyclic amines) is 1. The SMILES string of the molecule is C#CC1C([C@@H](C)O)C(=O)N1Cc1ccccc1. The lowest BCUT2D eigenvalue weighted by atomic mass is 9.83. The van der Waals surface area contributed by atoms with Gasteiger partial charge in [0.2, 0.25) is 5.91 Å². The number of nitrogens with zero attached hydrogens (tertiary/aromatic N) is 1. The van der Waals surface area contributed by atoms with Crippen LogP contribution in [0.15, 0.2) is 30.3 Å². The van der Waals surface area contributed by atoms with E-state index in [1.165, 1.54) is 0 Å². The number of aliphatic hydroxyl groups is 1. The van der Waals surface area contributed by atoms with Crippen molar-refractivity contribution in [2.75, 3.05) is 0 Å². The number of terminal acetylenes is 1. The maximum absolute atomic E-state index is 11.8. The van der Waals surface area contributed by atoms with E-state index in [0.717, 1.165) is 5.56 Å². The number of carbonyl (C=O) groups excluding carboxylic acids is 1. The molecule has 3 nitrogen and oxygen atoms in total. The number of hydrogen-bond acceptors (Lipinski definition) is 2. The first-order valence-electron chi connectivity index (χ1n) is 5.63. The highest BCUT2D eigenvalue weighted by atomic mass is 16.3. The molecule has 1 aromatic rings. The molecule has 1 N–H and O–H groups in total. The third kappa shape index (κ3) is 2.04. The fourth-order valence-corrected chi connectivity index (χ4v) is 2.20. The number of aliphatic hydroxyl groups excluding tert-OH is 1. The topological polar surface area (TPSA) is 40.5 Å². The highest BCUT2D eigenvalue weighted by Gasteiger charge is 2.48. The molecular formula is C14H15NO2. The summed E-state index contributed by atoms with van der Waals surface area (Å²) in [4.78, 5) is 13.5. The van der Waals surface area contributed by atoms with Crippen LogP contribution in [0.5, 0.6) is 0 Å². The van der Waals surface area contributed by atoms with Gasteiger partial charge in [0.15, 0.2) is 0 Å². The zero-order valence-electron chi connectivity index (χ0n) is 9.71. The fourth-order valence-electron chi connectivity index (χ4n) is 2.20. The molecule has 2 rings (SSSR count). The molecule has 3 atom stereocenters. The zero-order valence-corrected chi connectivity index (χ0v) is 9.71. The molecule has 1 saturated heterocycles. The summed E-state index contributed by atoms with van der Waals surface area (Å²) in [6.07, 6.45) is 4.73. The van der Waals surface area contributed by atoms with Crippen molar-refractivity contribution in [2.24, 2.45) is 5.92 Å². The lowest BCUT2D eigenvalue weighted by Gasteiger charge is -2.45. The summed E-state index contributed by atoms with van der Waals surface area (Å²) in [6, 6.07) is 9.40. The third-order valence-electron chi connectivity index (χ3n) is 3.13. The largest absolute Gasteiger partial charge is 0.392 e. The van der Waals surface area contributed by atoms with Gasteiger partial charge in [0.05, 0.1) is 12.0 Å². The lowest BCUT2D eigenvalue weighted by molar-refractivity contribution is -0.160. The van der Waals surface area contributed by atoms with Gasteiger partial charge in [-0.1, -0.05) is 36.3 Å². The average molecular weight is 229 g/mol. The van der Waals surface area contributed by atoms with Gasteiger partial charge in [-0.3, -0.25) is 4.79 Å². The van der Waals surface area contributed by atoms with Gasteiger partial charge in [-0.15, -0.1) is 6.42 Å². The summed E-state index contributed by atoms with van der Waals surface area (Å²) in [5.74, 6) is 2.07. The van der Waals surface area contributed by atoms with Gasteiger partial charge in [-0.2, -0.15) is 0 Å². The Labute approximate surface area is 101 Å². The number of rotatable bonds is 3. The van der Waals surface area contributed by atoms with E-state index in [-0.39, 0.29) is 11.9 Å². The molecule has 0 spiro atoms. The summed E-state index contributed by atoms with van der Waals surface area (Å²) in [5.41, 5.74) is 1.05. The monoisotopic (exact) mass is 229 g/mol. The number of β-lactam (4-membered cyclic amide) rings is 1. The molecule has 1 amide bonds. The zero-order chi connectivity index (χ0) is 12.4. The molecule has 0 aromatic heterocycles.